The lowest BCUT2D eigenvalue weighted by atomic mass is 9.83. The summed E-state index contributed by atoms with van der Waals surface area (Å²) in [4.78, 5) is 17.6. The van der Waals surface area contributed by atoms with Gasteiger partial charge in [-0.1, -0.05) is 35.9 Å². The molecule has 2 aliphatic rings. The highest BCUT2D eigenvalue weighted by molar-refractivity contribution is 6.31. The van der Waals surface area contributed by atoms with Crippen LogP contribution in [0.5, 0.6) is 5.75 Å². The minimum atomic E-state index is -0.836. The molecule has 1 fully saturated rings. The number of carbonyl (C=O) groups is 1. The maximum atomic E-state index is 13.5. The summed E-state index contributed by atoms with van der Waals surface area (Å²) in [5.41, 5.74) is 2.30. The van der Waals surface area contributed by atoms with Gasteiger partial charge in [0, 0.05) is 38.2 Å². The summed E-state index contributed by atoms with van der Waals surface area (Å²) in [6.45, 7) is 6.94. The number of phenols is 1. The van der Waals surface area contributed by atoms with Gasteiger partial charge < -0.3 is 24.7 Å². The molecule has 2 aliphatic heterocycles. The van der Waals surface area contributed by atoms with Gasteiger partial charge in [-0.25, -0.2) is 0 Å². The van der Waals surface area contributed by atoms with Crippen LogP contribution in [0.2, 0.25) is 5.02 Å². The molecule has 2 N–H and O–H groups in total. The van der Waals surface area contributed by atoms with Gasteiger partial charge >= 0.3 is 0 Å². The number of hydrogen-bond donors (Lipinski definition) is 2. The number of piperidine rings is 1. The molecule has 0 radical (unpaired) electrons. The SMILES string of the molecule is CN(CCC(C)(C)O)C(=O)C(Cc1cc(O)ccc1Cl)CN1CCC2(CC1)OCc1ccccc12. The Labute approximate surface area is 213 Å². The molecular weight excluding hydrogens is 464 g/mol. The summed E-state index contributed by atoms with van der Waals surface area (Å²) in [5, 5.41) is 20.7. The fraction of sp³-hybridized carbons (Fsp3) is 0.536. The van der Waals surface area contributed by atoms with Gasteiger partial charge in [-0.05, 0) is 74.4 Å². The van der Waals surface area contributed by atoms with Crippen molar-refractivity contribution in [3.05, 3.63) is 64.2 Å². The van der Waals surface area contributed by atoms with Crippen LogP contribution in [-0.4, -0.2) is 64.7 Å². The number of nitrogens with zero attached hydrogens (tertiary/aromatic N) is 2. The Morgan fingerprint density at radius 1 is 1.23 bits per heavy atom. The molecule has 35 heavy (non-hydrogen) atoms. The maximum absolute atomic E-state index is 13.5. The van der Waals surface area contributed by atoms with E-state index in [-0.39, 0.29) is 23.2 Å². The third kappa shape index (κ3) is 6.18. The minimum absolute atomic E-state index is 0.0245. The molecule has 4 rings (SSSR count). The first kappa shape index (κ1) is 26.0. The summed E-state index contributed by atoms with van der Waals surface area (Å²) in [6.07, 6.45) is 2.73. The molecule has 0 bridgehead atoms. The summed E-state index contributed by atoms with van der Waals surface area (Å²) in [7, 11) is 1.79. The topological polar surface area (TPSA) is 73.2 Å². The average Bonchev–Trinajstić information content (AvgIpc) is 3.18. The molecule has 2 heterocycles. The van der Waals surface area contributed by atoms with Crippen LogP contribution in [0, 0.1) is 5.92 Å². The number of carbonyl (C=O) groups excluding carboxylic acids is 1. The van der Waals surface area contributed by atoms with E-state index in [1.807, 2.05) is 0 Å². The molecule has 6 nitrogen and oxygen atoms in total. The molecule has 2 aromatic carbocycles. The highest BCUT2D eigenvalue weighted by atomic mass is 35.5. The predicted molar refractivity (Wildman–Crippen MR) is 137 cm³/mol. The second-order valence-corrected chi connectivity index (χ2v) is 11.1. The Morgan fingerprint density at radius 3 is 2.66 bits per heavy atom. The van der Waals surface area contributed by atoms with E-state index in [1.165, 1.54) is 11.1 Å². The summed E-state index contributed by atoms with van der Waals surface area (Å²) in [6, 6.07) is 13.4. The molecule has 190 valence electrons. The van der Waals surface area contributed by atoms with Crippen LogP contribution in [0.4, 0.5) is 0 Å². The molecule has 2 aromatic rings. The highest BCUT2D eigenvalue weighted by Gasteiger charge is 2.43. The fourth-order valence-electron chi connectivity index (χ4n) is 5.28. The van der Waals surface area contributed by atoms with Crippen molar-refractivity contribution in [1.82, 2.24) is 9.80 Å². The second kappa shape index (κ2) is 10.5. The van der Waals surface area contributed by atoms with Gasteiger partial charge in [-0.3, -0.25) is 4.79 Å². The summed E-state index contributed by atoms with van der Waals surface area (Å²) >= 11 is 6.42. The van der Waals surface area contributed by atoms with E-state index < -0.39 is 5.60 Å². The van der Waals surface area contributed by atoms with Crippen molar-refractivity contribution in [2.24, 2.45) is 5.92 Å². The fourth-order valence-corrected chi connectivity index (χ4v) is 5.48. The Morgan fingerprint density at radius 2 is 1.94 bits per heavy atom. The van der Waals surface area contributed by atoms with Crippen LogP contribution >= 0.6 is 11.6 Å². The Kier molecular flexibility index (Phi) is 7.77. The summed E-state index contributed by atoms with van der Waals surface area (Å²) in [5.74, 6) is -0.147. The monoisotopic (exact) mass is 500 g/mol. The number of amides is 1. The van der Waals surface area contributed by atoms with E-state index in [2.05, 4.69) is 29.2 Å². The number of fused-ring (bicyclic) bond motifs is 2. The number of ether oxygens (including phenoxy) is 1. The lowest BCUT2D eigenvalue weighted by Gasteiger charge is -2.40. The lowest BCUT2D eigenvalue weighted by Crippen LogP contribution is -2.47. The molecule has 7 heteroatoms. The molecule has 1 spiro atoms. The summed E-state index contributed by atoms with van der Waals surface area (Å²) < 4.78 is 6.31. The zero-order chi connectivity index (χ0) is 25.2. The van der Waals surface area contributed by atoms with Gasteiger partial charge in [0.05, 0.1) is 23.7 Å². The van der Waals surface area contributed by atoms with Crippen molar-refractivity contribution < 1.29 is 19.7 Å². The highest BCUT2D eigenvalue weighted by Crippen LogP contribution is 2.44. The number of phenolic OH excluding ortho intramolecular Hbond substituents is 1. The number of likely N-dealkylation sites (tertiary alicyclic amines) is 1. The van der Waals surface area contributed by atoms with Crippen LogP contribution < -0.4 is 0 Å². The quantitative estimate of drug-likeness (QED) is 0.564. The van der Waals surface area contributed by atoms with Crippen LogP contribution in [0.3, 0.4) is 0 Å². The number of aromatic hydroxyl groups is 1. The van der Waals surface area contributed by atoms with Crippen LogP contribution in [-0.2, 0) is 28.2 Å². The average molecular weight is 501 g/mol. The van der Waals surface area contributed by atoms with Crippen molar-refractivity contribution in [2.75, 3.05) is 33.2 Å². The standard InChI is InChI=1S/C28H37ClN2O4/c1-27(2,34)10-13-30(3)26(33)22(16-21-17-23(32)8-9-25(21)29)18-31-14-11-28(12-15-31)24-7-5-4-6-20(24)19-35-28/h4-9,17,22,32,34H,10-16,18-19H2,1-3H3. The Bertz CT molecular complexity index is 1040. The Hall–Kier alpha value is -2.12. The van der Waals surface area contributed by atoms with Gasteiger partial charge in [0.2, 0.25) is 5.91 Å². The molecule has 0 aliphatic carbocycles. The third-order valence-corrected chi connectivity index (χ3v) is 7.80. The lowest BCUT2D eigenvalue weighted by molar-refractivity contribution is -0.136. The van der Waals surface area contributed by atoms with Gasteiger partial charge in [0.25, 0.3) is 0 Å². The maximum Gasteiger partial charge on any atom is 0.227 e. The van der Waals surface area contributed by atoms with E-state index in [4.69, 9.17) is 16.3 Å². The Balaban J connectivity index is 1.46. The molecule has 1 amide bonds. The van der Waals surface area contributed by atoms with E-state index in [0.29, 0.717) is 37.6 Å². The van der Waals surface area contributed by atoms with Gasteiger partial charge in [-0.2, -0.15) is 0 Å². The number of hydrogen-bond acceptors (Lipinski definition) is 5. The molecule has 0 saturated carbocycles. The number of aliphatic hydroxyl groups is 1. The molecule has 1 atom stereocenters. The zero-order valence-electron chi connectivity index (χ0n) is 21.0. The first-order chi connectivity index (χ1) is 16.6. The number of rotatable bonds is 8. The van der Waals surface area contributed by atoms with E-state index in [0.717, 1.165) is 31.5 Å². The van der Waals surface area contributed by atoms with E-state index >= 15 is 0 Å². The van der Waals surface area contributed by atoms with Gasteiger partial charge in [-0.15, -0.1) is 0 Å². The van der Waals surface area contributed by atoms with Crippen molar-refractivity contribution in [3.63, 3.8) is 0 Å². The van der Waals surface area contributed by atoms with Crippen LogP contribution in [0.1, 0.15) is 49.8 Å². The van der Waals surface area contributed by atoms with E-state index in [9.17, 15) is 15.0 Å². The predicted octanol–water partition coefficient (Wildman–Crippen LogP) is 4.35. The van der Waals surface area contributed by atoms with Crippen molar-refractivity contribution >= 4 is 17.5 Å². The molecule has 1 saturated heterocycles. The van der Waals surface area contributed by atoms with Gasteiger partial charge in [0.1, 0.15) is 5.75 Å². The van der Waals surface area contributed by atoms with Gasteiger partial charge in [0.15, 0.2) is 0 Å². The molecular formula is C28H37ClN2O4. The first-order valence-corrected chi connectivity index (χ1v) is 12.8. The minimum Gasteiger partial charge on any atom is -0.508 e. The zero-order valence-corrected chi connectivity index (χ0v) is 21.7. The van der Waals surface area contributed by atoms with Crippen LogP contribution in [0.15, 0.2) is 42.5 Å². The molecule has 1 unspecified atom stereocenters. The largest absolute Gasteiger partial charge is 0.508 e. The number of benzene rings is 2. The smallest absolute Gasteiger partial charge is 0.227 e. The third-order valence-electron chi connectivity index (χ3n) is 7.43. The van der Waals surface area contributed by atoms with E-state index in [1.54, 1.807) is 44.0 Å². The van der Waals surface area contributed by atoms with Crippen molar-refractivity contribution in [2.45, 2.75) is 57.3 Å². The second-order valence-electron chi connectivity index (χ2n) is 10.7. The molecule has 0 aromatic heterocycles. The normalized spacial score (nSPS) is 18.4. The van der Waals surface area contributed by atoms with Crippen molar-refractivity contribution in [3.8, 4) is 5.75 Å². The van der Waals surface area contributed by atoms with Crippen LogP contribution in [0.25, 0.3) is 0 Å². The first-order valence-electron chi connectivity index (χ1n) is 12.5. The number of halogens is 1. The van der Waals surface area contributed by atoms with Crippen molar-refractivity contribution in [1.29, 1.82) is 0 Å².